The molecule has 1 saturated heterocycles. The molecule has 104 valence electrons. The summed E-state index contributed by atoms with van der Waals surface area (Å²) in [7, 11) is -0.711. The fourth-order valence-electron chi connectivity index (χ4n) is 2.03. The minimum absolute atomic E-state index is 0.0306. The molecule has 0 spiro atoms. The van der Waals surface area contributed by atoms with Crippen molar-refractivity contribution in [3.8, 4) is 5.75 Å². The summed E-state index contributed by atoms with van der Waals surface area (Å²) in [5.74, 6) is -0.0306. The molecule has 0 bridgehead atoms. The second kappa shape index (κ2) is 4.47. The third-order valence-corrected chi connectivity index (χ3v) is 3.94. The number of hydrogen-bond donors (Lipinski definition) is 2. The maximum Gasteiger partial charge on any atom is 0.499 e. The lowest BCUT2D eigenvalue weighted by Gasteiger charge is -2.32. The normalized spacial score (nSPS) is 22.5. The van der Waals surface area contributed by atoms with Gasteiger partial charge in [0.2, 0.25) is 0 Å². The summed E-state index contributed by atoms with van der Waals surface area (Å²) < 4.78 is 11.8. The van der Waals surface area contributed by atoms with E-state index in [9.17, 15) is 10.2 Å². The average molecular weight is 265 g/mol. The van der Waals surface area contributed by atoms with E-state index >= 15 is 0 Å². The first-order valence-electron chi connectivity index (χ1n) is 6.36. The van der Waals surface area contributed by atoms with Crippen molar-refractivity contribution in [3.63, 3.8) is 0 Å². The Labute approximate surface area is 113 Å². The molecule has 19 heavy (non-hydrogen) atoms. The number of aromatic hydroxyl groups is 1. The SMILES string of the molecule is CC(O)c1cncc(O)c1B1OC(C)(C)C(C)(C)O1. The second-order valence-electron chi connectivity index (χ2n) is 5.93. The van der Waals surface area contributed by atoms with Crippen LogP contribution in [0.5, 0.6) is 5.75 Å². The summed E-state index contributed by atoms with van der Waals surface area (Å²) in [6.45, 7) is 9.37. The second-order valence-corrected chi connectivity index (χ2v) is 5.93. The van der Waals surface area contributed by atoms with E-state index in [4.69, 9.17) is 9.31 Å². The van der Waals surface area contributed by atoms with E-state index in [1.807, 2.05) is 27.7 Å². The lowest BCUT2D eigenvalue weighted by atomic mass is 9.75. The largest absolute Gasteiger partial charge is 0.507 e. The zero-order valence-corrected chi connectivity index (χ0v) is 12.0. The van der Waals surface area contributed by atoms with Gasteiger partial charge in [-0.25, -0.2) is 0 Å². The van der Waals surface area contributed by atoms with E-state index in [1.54, 1.807) is 6.92 Å². The Balaban J connectivity index is 2.45. The number of rotatable bonds is 2. The number of aliphatic hydroxyl groups is 1. The van der Waals surface area contributed by atoms with Gasteiger partial charge in [-0.05, 0) is 34.6 Å². The minimum Gasteiger partial charge on any atom is -0.507 e. The van der Waals surface area contributed by atoms with Crippen molar-refractivity contribution in [3.05, 3.63) is 18.0 Å². The summed E-state index contributed by atoms with van der Waals surface area (Å²) in [6.07, 6.45) is 2.09. The quantitative estimate of drug-likeness (QED) is 0.784. The highest BCUT2D eigenvalue weighted by Gasteiger charge is 2.53. The summed E-state index contributed by atoms with van der Waals surface area (Å²) >= 11 is 0. The van der Waals surface area contributed by atoms with Crippen molar-refractivity contribution >= 4 is 12.6 Å². The molecule has 1 aromatic rings. The lowest BCUT2D eigenvalue weighted by molar-refractivity contribution is 0.00578. The number of aromatic nitrogens is 1. The van der Waals surface area contributed by atoms with Gasteiger partial charge in [-0.2, -0.15) is 0 Å². The van der Waals surface area contributed by atoms with E-state index in [0.717, 1.165) is 0 Å². The van der Waals surface area contributed by atoms with Crippen molar-refractivity contribution < 1.29 is 19.5 Å². The average Bonchev–Trinajstić information content (AvgIpc) is 2.47. The van der Waals surface area contributed by atoms with Crippen LogP contribution >= 0.6 is 0 Å². The van der Waals surface area contributed by atoms with Gasteiger partial charge >= 0.3 is 7.12 Å². The molecule has 2 rings (SSSR count). The zero-order valence-electron chi connectivity index (χ0n) is 12.0. The van der Waals surface area contributed by atoms with Crippen molar-refractivity contribution in [1.29, 1.82) is 0 Å². The van der Waals surface area contributed by atoms with Crippen molar-refractivity contribution in [2.75, 3.05) is 0 Å². The molecule has 6 heteroatoms. The van der Waals surface area contributed by atoms with Gasteiger partial charge in [0.05, 0.1) is 23.5 Å². The minimum atomic E-state index is -0.756. The first-order valence-corrected chi connectivity index (χ1v) is 6.36. The van der Waals surface area contributed by atoms with E-state index in [1.165, 1.54) is 12.4 Å². The summed E-state index contributed by atoms with van der Waals surface area (Å²) in [5.41, 5.74) is -0.0330. The van der Waals surface area contributed by atoms with Gasteiger partial charge in [0.1, 0.15) is 5.75 Å². The molecule has 0 radical (unpaired) electrons. The van der Waals surface area contributed by atoms with Crippen molar-refractivity contribution in [2.24, 2.45) is 0 Å². The standard InChI is InChI=1S/C13H20BNO4/c1-8(16)9-6-15-7-10(17)11(9)14-18-12(2,3)13(4,5)19-14/h6-8,16-17H,1-5H3. The number of nitrogens with zero attached hydrogens (tertiary/aromatic N) is 1. The van der Waals surface area contributed by atoms with Crippen molar-refractivity contribution in [1.82, 2.24) is 4.98 Å². The first kappa shape index (κ1) is 14.3. The summed E-state index contributed by atoms with van der Waals surface area (Å²) in [6, 6.07) is 0. The van der Waals surface area contributed by atoms with Crippen LogP contribution in [0.1, 0.15) is 46.3 Å². The van der Waals surface area contributed by atoms with Crippen LogP contribution in [0.15, 0.2) is 12.4 Å². The molecule has 1 atom stereocenters. The number of pyridine rings is 1. The smallest absolute Gasteiger partial charge is 0.499 e. The predicted octanol–water partition coefficient (Wildman–Crippen LogP) is 1.14. The van der Waals surface area contributed by atoms with Crippen LogP contribution in [-0.4, -0.2) is 33.5 Å². The fraction of sp³-hybridized carbons (Fsp3) is 0.615. The fourth-order valence-corrected chi connectivity index (χ4v) is 2.03. The maximum atomic E-state index is 10.0. The Hall–Kier alpha value is -1.11. The molecule has 0 aliphatic carbocycles. The highest BCUT2D eigenvalue weighted by atomic mass is 16.7. The molecule has 2 heterocycles. The van der Waals surface area contributed by atoms with Crippen LogP contribution < -0.4 is 5.46 Å². The Bertz CT molecular complexity index is 472. The monoisotopic (exact) mass is 265 g/mol. The molecule has 1 aliphatic heterocycles. The highest BCUT2D eigenvalue weighted by Crippen LogP contribution is 2.37. The third kappa shape index (κ3) is 2.36. The molecule has 1 fully saturated rings. The van der Waals surface area contributed by atoms with Gasteiger partial charge in [-0.1, -0.05) is 0 Å². The van der Waals surface area contributed by atoms with E-state index in [-0.39, 0.29) is 5.75 Å². The molecule has 1 unspecified atom stereocenters. The van der Waals surface area contributed by atoms with Crippen LogP contribution in [0.2, 0.25) is 0 Å². The molecule has 1 aliphatic rings. The van der Waals surface area contributed by atoms with Crippen LogP contribution in [0, 0.1) is 0 Å². The van der Waals surface area contributed by atoms with Gasteiger partial charge < -0.3 is 19.5 Å². The molecular weight excluding hydrogens is 245 g/mol. The predicted molar refractivity (Wildman–Crippen MR) is 72.3 cm³/mol. The van der Waals surface area contributed by atoms with Crippen LogP contribution in [0.4, 0.5) is 0 Å². The van der Waals surface area contributed by atoms with Gasteiger partial charge in [0.15, 0.2) is 0 Å². The van der Waals surface area contributed by atoms with E-state index in [2.05, 4.69) is 4.98 Å². The molecule has 0 aromatic carbocycles. The Morgan fingerprint density at radius 3 is 2.16 bits per heavy atom. The molecule has 0 saturated carbocycles. The molecule has 2 N–H and O–H groups in total. The zero-order chi connectivity index (χ0) is 14.4. The lowest BCUT2D eigenvalue weighted by Crippen LogP contribution is -2.41. The van der Waals surface area contributed by atoms with Crippen molar-refractivity contribution in [2.45, 2.75) is 51.9 Å². The summed E-state index contributed by atoms with van der Waals surface area (Å²) in [4.78, 5) is 3.89. The van der Waals surface area contributed by atoms with Gasteiger partial charge in [-0.15, -0.1) is 0 Å². The van der Waals surface area contributed by atoms with Crippen LogP contribution in [-0.2, 0) is 9.31 Å². The number of aliphatic hydroxyl groups excluding tert-OH is 1. The maximum absolute atomic E-state index is 10.0. The third-order valence-electron chi connectivity index (χ3n) is 3.94. The van der Waals surface area contributed by atoms with E-state index < -0.39 is 24.4 Å². The topological polar surface area (TPSA) is 71.8 Å². The highest BCUT2D eigenvalue weighted by molar-refractivity contribution is 6.63. The van der Waals surface area contributed by atoms with Gasteiger partial charge in [0.25, 0.3) is 0 Å². The Kier molecular flexibility index (Phi) is 3.37. The number of hydrogen-bond acceptors (Lipinski definition) is 5. The molecule has 0 amide bonds. The molecule has 5 nitrogen and oxygen atoms in total. The Morgan fingerprint density at radius 1 is 1.16 bits per heavy atom. The molecular formula is C13H20BNO4. The van der Waals surface area contributed by atoms with E-state index in [0.29, 0.717) is 11.0 Å². The van der Waals surface area contributed by atoms with Gasteiger partial charge in [0, 0.05) is 17.2 Å². The first-order chi connectivity index (χ1) is 8.66. The van der Waals surface area contributed by atoms with Crippen LogP contribution in [0.25, 0.3) is 0 Å². The summed E-state index contributed by atoms with van der Waals surface area (Å²) in [5, 5.41) is 19.8. The van der Waals surface area contributed by atoms with Crippen LogP contribution in [0.3, 0.4) is 0 Å². The molecule has 1 aromatic heterocycles. The van der Waals surface area contributed by atoms with Gasteiger partial charge in [-0.3, -0.25) is 4.98 Å². The Morgan fingerprint density at radius 2 is 1.68 bits per heavy atom.